The van der Waals surface area contributed by atoms with Crippen molar-refractivity contribution in [2.75, 3.05) is 5.32 Å². The Morgan fingerprint density at radius 1 is 0.880 bits per heavy atom. The van der Waals surface area contributed by atoms with Crippen LogP contribution in [0.4, 0.5) is 10.5 Å². The molecule has 126 valence electrons. The Balaban J connectivity index is 1.58. The second-order valence-corrected chi connectivity index (χ2v) is 5.74. The van der Waals surface area contributed by atoms with Crippen LogP contribution in [0.25, 0.3) is 11.1 Å². The zero-order valence-electron chi connectivity index (χ0n) is 14.2. The van der Waals surface area contributed by atoms with Gasteiger partial charge in [-0.05, 0) is 52.9 Å². The lowest BCUT2D eigenvalue weighted by molar-refractivity contribution is 0.251. The molecule has 0 bridgehead atoms. The Kier molecular flexibility index (Phi) is 5.42. The van der Waals surface area contributed by atoms with Gasteiger partial charge in [0, 0.05) is 24.6 Å². The zero-order valence-corrected chi connectivity index (χ0v) is 14.2. The maximum Gasteiger partial charge on any atom is 0.319 e. The van der Waals surface area contributed by atoms with Crippen LogP contribution in [0.5, 0.6) is 0 Å². The van der Waals surface area contributed by atoms with Crippen LogP contribution >= 0.6 is 0 Å². The van der Waals surface area contributed by atoms with Gasteiger partial charge >= 0.3 is 6.03 Å². The van der Waals surface area contributed by atoms with Crippen molar-refractivity contribution in [1.29, 1.82) is 0 Å². The minimum atomic E-state index is -0.206. The highest BCUT2D eigenvalue weighted by atomic mass is 16.2. The maximum absolute atomic E-state index is 12.1. The molecule has 0 saturated heterocycles. The van der Waals surface area contributed by atoms with E-state index in [4.69, 9.17) is 0 Å². The van der Waals surface area contributed by atoms with E-state index in [0.717, 1.165) is 28.8 Å². The fourth-order valence-corrected chi connectivity index (χ4v) is 2.72. The summed E-state index contributed by atoms with van der Waals surface area (Å²) in [7, 11) is 0. The third kappa shape index (κ3) is 4.44. The van der Waals surface area contributed by atoms with Crippen molar-refractivity contribution in [1.82, 2.24) is 10.3 Å². The lowest BCUT2D eigenvalue weighted by Crippen LogP contribution is -2.28. The molecule has 0 fully saturated rings. The second-order valence-electron chi connectivity index (χ2n) is 5.74. The summed E-state index contributed by atoms with van der Waals surface area (Å²) in [6.45, 7) is 2.63. The number of anilines is 1. The van der Waals surface area contributed by atoms with E-state index in [1.807, 2.05) is 54.6 Å². The summed E-state index contributed by atoms with van der Waals surface area (Å²) in [5.74, 6) is 0. The van der Waals surface area contributed by atoms with Crippen molar-refractivity contribution in [2.45, 2.75) is 19.9 Å². The Bertz CT molecular complexity index is 829. The largest absolute Gasteiger partial charge is 0.334 e. The van der Waals surface area contributed by atoms with E-state index in [0.29, 0.717) is 6.54 Å². The number of aromatic nitrogens is 1. The highest BCUT2D eigenvalue weighted by molar-refractivity contribution is 5.89. The van der Waals surface area contributed by atoms with Crippen LogP contribution in [0.3, 0.4) is 0 Å². The maximum atomic E-state index is 12.1. The number of hydrogen-bond donors (Lipinski definition) is 2. The molecule has 1 heterocycles. The first-order chi connectivity index (χ1) is 12.3. The van der Waals surface area contributed by atoms with Gasteiger partial charge in [0.2, 0.25) is 0 Å². The van der Waals surface area contributed by atoms with Crippen LogP contribution < -0.4 is 10.6 Å². The van der Waals surface area contributed by atoms with E-state index in [1.165, 1.54) is 5.56 Å². The molecule has 0 aliphatic carbocycles. The Hall–Kier alpha value is -3.14. The van der Waals surface area contributed by atoms with Gasteiger partial charge < -0.3 is 10.6 Å². The molecule has 25 heavy (non-hydrogen) atoms. The number of benzene rings is 2. The van der Waals surface area contributed by atoms with Crippen LogP contribution in [-0.2, 0) is 13.0 Å². The minimum absolute atomic E-state index is 0.206. The Labute approximate surface area is 147 Å². The van der Waals surface area contributed by atoms with Crippen molar-refractivity contribution in [3.63, 3.8) is 0 Å². The van der Waals surface area contributed by atoms with E-state index in [9.17, 15) is 4.79 Å². The van der Waals surface area contributed by atoms with Crippen molar-refractivity contribution in [3.05, 3.63) is 84.2 Å². The average molecular weight is 331 g/mol. The number of nitrogens with one attached hydrogen (secondary N) is 2. The predicted octanol–water partition coefficient (Wildman–Crippen LogP) is 4.63. The first kappa shape index (κ1) is 16.7. The number of nitrogens with zero attached hydrogens (tertiary/aromatic N) is 1. The van der Waals surface area contributed by atoms with Gasteiger partial charge in [0.25, 0.3) is 0 Å². The molecule has 3 rings (SSSR count). The molecule has 0 aliphatic heterocycles. The van der Waals surface area contributed by atoms with Crippen LogP contribution in [0.1, 0.15) is 18.1 Å². The molecule has 0 atom stereocenters. The van der Waals surface area contributed by atoms with Crippen LogP contribution in [0.2, 0.25) is 0 Å². The molecule has 0 aliphatic rings. The predicted molar refractivity (Wildman–Crippen MR) is 101 cm³/mol. The lowest BCUT2D eigenvalue weighted by Gasteiger charge is -2.11. The smallest absolute Gasteiger partial charge is 0.319 e. The van der Waals surface area contributed by atoms with Gasteiger partial charge in [-0.15, -0.1) is 0 Å². The van der Waals surface area contributed by atoms with Gasteiger partial charge in [0.1, 0.15) is 0 Å². The molecule has 0 saturated carbocycles. The Morgan fingerprint density at radius 2 is 1.52 bits per heavy atom. The van der Waals surface area contributed by atoms with E-state index < -0.39 is 0 Å². The van der Waals surface area contributed by atoms with Gasteiger partial charge in [-0.1, -0.05) is 43.3 Å². The summed E-state index contributed by atoms with van der Waals surface area (Å²) in [6, 6.07) is 19.6. The number of amides is 2. The second kappa shape index (κ2) is 8.11. The molecule has 4 heteroatoms. The number of urea groups is 1. The number of rotatable bonds is 5. The lowest BCUT2D eigenvalue weighted by atomic mass is 10.1. The molecule has 3 aromatic rings. The van der Waals surface area contributed by atoms with Gasteiger partial charge in [0.15, 0.2) is 0 Å². The summed E-state index contributed by atoms with van der Waals surface area (Å²) in [6.07, 6.45) is 4.49. The van der Waals surface area contributed by atoms with E-state index in [-0.39, 0.29) is 6.03 Å². The fourth-order valence-electron chi connectivity index (χ4n) is 2.72. The molecule has 2 aromatic carbocycles. The molecule has 2 amide bonds. The number of carbonyl (C=O) groups is 1. The summed E-state index contributed by atoms with van der Waals surface area (Å²) >= 11 is 0. The normalized spacial score (nSPS) is 10.3. The third-order valence-electron chi connectivity index (χ3n) is 4.10. The highest BCUT2D eigenvalue weighted by Gasteiger charge is 2.05. The van der Waals surface area contributed by atoms with Crippen molar-refractivity contribution in [2.24, 2.45) is 0 Å². The SMILES string of the molecule is CCc1ccccc1CNC(=O)Nc1ccc(-c2ccncc2)cc1. The van der Waals surface area contributed by atoms with Gasteiger partial charge in [-0.3, -0.25) is 4.98 Å². The standard InChI is InChI=1S/C21H21N3O/c1-2-16-5-3-4-6-19(16)15-23-21(25)24-20-9-7-17(8-10-20)18-11-13-22-14-12-18/h3-14H,2,15H2,1H3,(H2,23,24,25). The molecular formula is C21H21N3O. The topological polar surface area (TPSA) is 54.0 Å². The number of carbonyl (C=O) groups excluding carboxylic acids is 1. The molecule has 4 nitrogen and oxygen atoms in total. The van der Waals surface area contributed by atoms with E-state index in [2.05, 4.69) is 28.6 Å². The summed E-state index contributed by atoms with van der Waals surface area (Å²) in [4.78, 5) is 16.1. The number of hydrogen-bond acceptors (Lipinski definition) is 2. The van der Waals surface area contributed by atoms with Crippen molar-refractivity contribution < 1.29 is 4.79 Å². The number of aryl methyl sites for hydroxylation is 1. The van der Waals surface area contributed by atoms with Gasteiger partial charge in [-0.2, -0.15) is 0 Å². The quantitative estimate of drug-likeness (QED) is 0.716. The fraction of sp³-hybridized carbons (Fsp3) is 0.143. The van der Waals surface area contributed by atoms with Crippen LogP contribution in [-0.4, -0.2) is 11.0 Å². The third-order valence-corrected chi connectivity index (χ3v) is 4.10. The van der Waals surface area contributed by atoms with Crippen LogP contribution in [0.15, 0.2) is 73.1 Å². The van der Waals surface area contributed by atoms with E-state index >= 15 is 0 Å². The van der Waals surface area contributed by atoms with Crippen molar-refractivity contribution in [3.8, 4) is 11.1 Å². The molecule has 0 radical (unpaired) electrons. The monoisotopic (exact) mass is 331 g/mol. The highest BCUT2D eigenvalue weighted by Crippen LogP contribution is 2.20. The van der Waals surface area contributed by atoms with Gasteiger partial charge in [0.05, 0.1) is 0 Å². The zero-order chi connectivity index (χ0) is 17.5. The molecule has 2 N–H and O–H groups in total. The van der Waals surface area contributed by atoms with Crippen LogP contribution in [0, 0.1) is 0 Å². The molecule has 1 aromatic heterocycles. The summed E-state index contributed by atoms with van der Waals surface area (Å²) in [5, 5.41) is 5.78. The summed E-state index contributed by atoms with van der Waals surface area (Å²) < 4.78 is 0. The number of pyridine rings is 1. The van der Waals surface area contributed by atoms with Gasteiger partial charge in [-0.25, -0.2) is 4.79 Å². The minimum Gasteiger partial charge on any atom is -0.334 e. The Morgan fingerprint density at radius 3 is 2.20 bits per heavy atom. The first-order valence-corrected chi connectivity index (χ1v) is 8.38. The first-order valence-electron chi connectivity index (χ1n) is 8.38. The molecule has 0 spiro atoms. The van der Waals surface area contributed by atoms with Crippen molar-refractivity contribution >= 4 is 11.7 Å². The molecular weight excluding hydrogens is 310 g/mol. The average Bonchev–Trinajstić information content (AvgIpc) is 2.68. The summed E-state index contributed by atoms with van der Waals surface area (Å²) in [5.41, 5.74) is 5.35. The van der Waals surface area contributed by atoms with E-state index in [1.54, 1.807) is 12.4 Å². The molecule has 0 unspecified atom stereocenters.